The van der Waals surface area contributed by atoms with Crippen LogP contribution in [0.1, 0.15) is 0 Å². The summed E-state index contributed by atoms with van der Waals surface area (Å²) in [5.41, 5.74) is 19.6. The van der Waals surface area contributed by atoms with Crippen molar-refractivity contribution >= 4 is 31.5 Å². The molecule has 1 heteroatoms. The van der Waals surface area contributed by atoms with Gasteiger partial charge < -0.3 is 0 Å². The van der Waals surface area contributed by atoms with E-state index in [1.807, 2.05) is 11.3 Å². The van der Waals surface area contributed by atoms with Crippen LogP contribution >= 0.6 is 11.3 Å². The molecule has 0 aliphatic heterocycles. The Bertz CT molecular complexity index is 3090. The van der Waals surface area contributed by atoms with Gasteiger partial charge in [-0.2, -0.15) is 0 Å². The minimum atomic E-state index is 1.21. The highest BCUT2D eigenvalue weighted by molar-refractivity contribution is 7.26. The highest BCUT2D eigenvalue weighted by atomic mass is 32.1. The normalized spacial score (nSPS) is 11.3. The standard InChI is InChI=1S/C60H40S/c1-3-13-41(14-4-1)47-17-7-21-51(37-47)53-23-9-19-49(39-53)43-29-33-45(34-30-43)55-25-11-27-57-58-28-12-26-56(60(58)61-59(55)57)46-35-31-44(32-36-46)50-20-10-24-54(40-50)52-22-8-18-48(38-52)42-15-5-2-6-16-42/h1-40H. The first kappa shape index (κ1) is 36.5. The molecular weight excluding hydrogens is 753 g/mol. The number of hydrogen-bond donors (Lipinski definition) is 0. The molecular formula is C60H40S. The van der Waals surface area contributed by atoms with E-state index in [1.165, 1.54) is 109 Å². The van der Waals surface area contributed by atoms with Crippen molar-refractivity contribution in [2.24, 2.45) is 0 Å². The van der Waals surface area contributed by atoms with Gasteiger partial charge in [0.25, 0.3) is 0 Å². The molecule has 0 aliphatic carbocycles. The van der Waals surface area contributed by atoms with Gasteiger partial charge in [0.1, 0.15) is 0 Å². The van der Waals surface area contributed by atoms with E-state index in [4.69, 9.17) is 0 Å². The third kappa shape index (κ3) is 7.16. The van der Waals surface area contributed by atoms with E-state index in [0.717, 1.165) is 0 Å². The van der Waals surface area contributed by atoms with Gasteiger partial charge in [-0.3, -0.25) is 0 Å². The Hall–Kier alpha value is -7.58. The molecule has 0 aliphatic rings. The topological polar surface area (TPSA) is 0 Å². The largest absolute Gasteiger partial charge is 0.134 e. The minimum absolute atomic E-state index is 1.21. The van der Waals surface area contributed by atoms with E-state index < -0.39 is 0 Å². The van der Waals surface area contributed by atoms with Crippen molar-refractivity contribution in [3.8, 4) is 89.0 Å². The number of rotatable bonds is 8. The van der Waals surface area contributed by atoms with Crippen molar-refractivity contribution in [3.05, 3.63) is 243 Å². The Morgan fingerprint density at radius 1 is 0.180 bits per heavy atom. The first-order valence-electron chi connectivity index (χ1n) is 20.9. The second kappa shape index (κ2) is 15.9. The molecule has 0 bridgehead atoms. The Morgan fingerprint density at radius 3 is 0.754 bits per heavy atom. The molecule has 0 nitrogen and oxygen atoms in total. The molecule has 0 unspecified atom stereocenters. The molecule has 10 aromatic carbocycles. The number of hydrogen-bond acceptors (Lipinski definition) is 1. The first-order valence-corrected chi connectivity index (χ1v) is 21.7. The maximum Gasteiger partial charge on any atom is 0.0434 e. The summed E-state index contributed by atoms with van der Waals surface area (Å²) < 4.78 is 2.64. The molecule has 11 aromatic rings. The van der Waals surface area contributed by atoms with Gasteiger partial charge in [0.15, 0.2) is 0 Å². The molecule has 11 rings (SSSR count). The van der Waals surface area contributed by atoms with Crippen LogP contribution in [0.25, 0.3) is 109 Å². The Labute approximate surface area is 361 Å². The zero-order chi connectivity index (χ0) is 40.5. The minimum Gasteiger partial charge on any atom is -0.134 e. The third-order valence-electron chi connectivity index (χ3n) is 11.9. The van der Waals surface area contributed by atoms with E-state index in [9.17, 15) is 0 Å². The van der Waals surface area contributed by atoms with Crippen LogP contribution in [-0.4, -0.2) is 0 Å². The van der Waals surface area contributed by atoms with E-state index >= 15 is 0 Å². The van der Waals surface area contributed by atoms with Crippen LogP contribution < -0.4 is 0 Å². The molecule has 0 spiro atoms. The highest BCUT2D eigenvalue weighted by Gasteiger charge is 2.15. The molecule has 1 heterocycles. The van der Waals surface area contributed by atoms with Crippen molar-refractivity contribution in [1.82, 2.24) is 0 Å². The summed E-state index contributed by atoms with van der Waals surface area (Å²) in [5, 5.41) is 2.61. The molecule has 286 valence electrons. The lowest BCUT2D eigenvalue weighted by Crippen LogP contribution is -1.84. The lowest BCUT2D eigenvalue weighted by molar-refractivity contribution is 1.57. The van der Waals surface area contributed by atoms with Crippen LogP contribution in [0.2, 0.25) is 0 Å². The summed E-state index contributed by atoms with van der Waals surface area (Å²) in [5.74, 6) is 0. The van der Waals surface area contributed by atoms with E-state index in [-0.39, 0.29) is 0 Å². The van der Waals surface area contributed by atoms with Crippen molar-refractivity contribution in [2.75, 3.05) is 0 Å². The summed E-state index contributed by atoms with van der Waals surface area (Å²) in [7, 11) is 0. The van der Waals surface area contributed by atoms with Crippen LogP contribution in [0, 0.1) is 0 Å². The third-order valence-corrected chi connectivity index (χ3v) is 13.2. The molecule has 61 heavy (non-hydrogen) atoms. The van der Waals surface area contributed by atoms with Crippen LogP contribution in [0.4, 0.5) is 0 Å². The van der Waals surface area contributed by atoms with Gasteiger partial charge in [-0.15, -0.1) is 11.3 Å². The molecule has 0 radical (unpaired) electrons. The SMILES string of the molecule is c1ccc(-c2cccc(-c3cccc(-c4ccc(-c5cccc6c5sc5c(-c7ccc(-c8cccc(-c9cccc(-c%10ccccc%10)c9)c8)cc7)cccc56)cc4)c3)c2)cc1. The van der Waals surface area contributed by atoms with Gasteiger partial charge in [-0.1, -0.05) is 218 Å². The maximum atomic E-state index is 2.31. The van der Waals surface area contributed by atoms with Crippen LogP contribution in [0.5, 0.6) is 0 Å². The quantitative estimate of drug-likeness (QED) is 0.144. The number of thiophene rings is 1. The number of benzene rings is 10. The van der Waals surface area contributed by atoms with Gasteiger partial charge in [-0.25, -0.2) is 0 Å². The lowest BCUT2D eigenvalue weighted by atomic mass is 9.95. The predicted molar refractivity (Wildman–Crippen MR) is 263 cm³/mol. The fraction of sp³-hybridized carbons (Fsp3) is 0. The van der Waals surface area contributed by atoms with Crippen molar-refractivity contribution in [2.45, 2.75) is 0 Å². The smallest absolute Gasteiger partial charge is 0.0434 e. The maximum absolute atomic E-state index is 2.31. The zero-order valence-corrected chi connectivity index (χ0v) is 34.3. The molecule has 0 saturated heterocycles. The second-order valence-corrected chi connectivity index (χ2v) is 16.7. The average molecular weight is 793 g/mol. The van der Waals surface area contributed by atoms with Crippen LogP contribution in [0.15, 0.2) is 243 Å². The molecule has 0 N–H and O–H groups in total. The molecule has 0 saturated carbocycles. The molecule has 1 aromatic heterocycles. The van der Waals surface area contributed by atoms with Crippen LogP contribution in [-0.2, 0) is 0 Å². The Morgan fingerprint density at radius 2 is 0.426 bits per heavy atom. The monoisotopic (exact) mass is 792 g/mol. The van der Waals surface area contributed by atoms with Crippen molar-refractivity contribution < 1.29 is 0 Å². The van der Waals surface area contributed by atoms with E-state index in [0.29, 0.717) is 0 Å². The molecule has 0 atom stereocenters. The highest BCUT2D eigenvalue weighted by Crippen LogP contribution is 2.44. The Balaban J connectivity index is 0.872. The number of fused-ring (bicyclic) bond motifs is 3. The molecule has 0 amide bonds. The average Bonchev–Trinajstić information content (AvgIpc) is 3.74. The van der Waals surface area contributed by atoms with Gasteiger partial charge in [-0.05, 0) is 113 Å². The van der Waals surface area contributed by atoms with Gasteiger partial charge in [0.2, 0.25) is 0 Å². The van der Waals surface area contributed by atoms with Gasteiger partial charge in [0, 0.05) is 20.2 Å². The summed E-state index contributed by atoms with van der Waals surface area (Å²) in [6, 6.07) is 88.4. The summed E-state index contributed by atoms with van der Waals surface area (Å²) >= 11 is 1.90. The van der Waals surface area contributed by atoms with Gasteiger partial charge >= 0.3 is 0 Å². The lowest BCUT2D eigenvalue weighted by Gasteiger charge is -2.10. The van der Waals surface area contributed by atoms with Crippen molar-refractivity contribution in [1.29, 1.82) is 0 Å². The zero-order valence-electron chi connectivity index (χ0n) is 33.5. The van der Waals surface area contributed by atoms with Crippen LogP contribution in [0.3, 0.4) is 0 Å². The molecule has 0 fully saturated rings. The predicted octanol–water partition coefficient (Wildman–Crippen LogP) is 17.4. The van der Waals surface area contributed by atoms with E-state index in [1.54, 1.807) is 0 Å². The summed E-state index contributed by atoms with van der Waals surface area (Å²) in [6.07, 6.45) is 0. The summed E-state index contributed by atoms with van der Waals surface area (Å²) in [4.78, 5) is 0. The van der Waals surface area contributed by atoms with Gasteiger partial charge in [0.05, 0.1) is 0 Å². The fourth-order valence-corrected chi connectivity index (χ4v) is 10.1. The summed E-state index contributed by atoms with van der Waals surface area (Å²) in [6.45, 7) is 0. The van der Waals surface area contributed by atoms with E-state index in [2.05, 4.69) is 243 Å². The first-order chi connectivity index (χ1) is 30.2. The van der Waals surface area contributed by atoms with Crippen molar-refractivity contribution in [3.63, 3.8) is 0 Å². The fourth-order valence-electron chi connectivity index (χ4n) is 8.73. The Kier molecular flexibility index (Phi) is 9.50. The second-order valence-electron chi connectivity index (χ2n) is 15.7.